The van der Waals surface area contributed by atoms with Crippen molar-refractivity contribution in [2.24, 2.45) is 0 Å². The SMILES string of the molecule is C1=CCC2Oc3ccc(-c4ccccc4-c4nc(-c5ccccc5)nc(-c5ccccc5-c5ccccc5)n4)cc3C3(C2=C1)c1ccccc1-c1ccccc13. The normalized spacial score (nSPS) is 15.6. The Hall–Kier alpha value is -7.17. The van der Waals surface area contributed by atoms with Crippen LogP contribution in [-0.4, -0.2) is 21.1 Å². The molecule has 8 aromatic rings. The Morgan fingerprint density at radius 3 is 1.55 bits per heavy atom. The zero-order valence-corrected chi connectivity index (χ0v) is 30.5. The minimum Gasteiger partial charge on any atom is -0.485 e. The Balaban J connectivity index is 1.13. The second-order valence-corrected chi connectivity index (χ2v) is 14.6. The third-order valence-electron chi connectivity index (χ3n) is 11.5. The van der Waals surface area contributed by atoms with Crippen molar-refractivity contribution in [1.29, 1.82) is 0 Å². The van der Waals surface area contributed by atoms with E-state index in [4.69, 9.17) is 19.7 Å². The number of allylic oxidation sites excluding steroid dienone is 2. The van der Waals surface area contributed by atoms with Gasteiger partial charge < -0.3 is 4.74 Å². The predicted octanol–water partition coefficient (Wildman–Crippen LogP) is 12.2. The predicted molar refractivity (Wildman–Crippen MR) is 225 cm³/mol. The van der Waals surface area contributed by atoms with Gasteiger partial charge in [0.2, 0.25) is 0 Å². The van der Waals surface area contributed by atoms with Crippen molar-refractivity contribution in [1.82, 2.24) is 15.0 Å². The summed E-state index contributed by atoms with van der Waals surface area (Å²) >= 11 is 0. The molecule has 7 aromatic carbocycles. The average Bonchev–Trinajstić information content (AvgIpc) is 3.57. The number of hydrogen-bond acceptors (Lipinski definition) is 4. The highest BCUT2D eigenvalue weighted by atomic mass is 16.5. The average molecular weight is 718 g/mol. The van der Waals surface area contributed by atoms with Crippen LogP contribution in [0.5, 0.6) is 5.75 Å². The smallest absolute Gasteiger partial charge is 0.164 e. The van der Waals surface area contributed by atoms with E-state index in [-0.39, 0.29) is 6.10 Å². The van der Waals surface area contributed by atoms with Gasteiger partial charge in [0, 0.05) is 28.7 Å². The molecule has 0 radical (unpaired) electrons. The molecular formula is C52H35N3O. The molecule has 2 heterocycles. The van der Waals surface area contributed by atoms with E-state index in [1.807, 2.05) is 30.3 Å². The fourth-order valence-electron chi connectivity index (χ4n) is 9.14. The minimum atomic E-state index is -0.497. The summed E-state index contributed by atoms with van der Waals surface area (Å²) in [6.45, 7) is 0. The van der Waals surface area contributed by atoms with E-state index >= 15 is 0 Å². The van der Waals surface area contributed by atoms with Gasteiger partial charge in [-0.1, -0.05) is 182 Å². The van der Waals surface area contributed by atoms with Gasteiger partial charge in [0.15, 0.2) is 17.5 Å². The van der Waals surface area contributed by atoms with E-state index in [0.717, 1.165) is 56.7 Å². The van der Waals surface area contributed by atoms with Crippen LogP contribution in [0.15, 0.2) is 200 Å². The Bertz CT molecular complexity index is 2830. The van der Waals surface area contributed by atoms with Gasteiger partial charge in [0.1, 0.15) is 11.9 Å². The van der Waals surface area contributed by atoms with E-state index in [0.29, 0.717) is 17.5 Å². The van der Waals surface area contributed by atoms with Crippen LogP contribution in [-0.2, 0) is 5.41 Å². The first-order valence-corrected chi connectivity index (χ1v) is 19.2. The van der Waals surface area contributed by atoms with Gasteiger partial charge in [-0.3, -0.25) is 0 Å². The molecular weight excluding hydrogens is 683 g/mol. The van der Waals surface area contributed by atoms with Crippen molar-refractivity contribution < 1.29 is 4.74 Å². The van der Waals surface area contributed by atoms with Crippen molar-refractivity contribution in [3.8, 4) is 73.3 Å². The molecule has 264 valence electrons. The summed E-state index contributed by atoms with van der Waals surface area (Å²) in [7, 11) is 0. The van der Waals surface area contributed by atoms with E-state index in [1.165, 1.54) is 27.8 Å². The summed E-state index contributed by atoms with van der Waals surface area (Å²) < 4.78 is 6.88. The van der Waals surface area contributed by atoms with Crippen LogP contribution in [0.4, 0.5) is 0 Å². The maximum Gasteiger partial charge on any atom is 0.164 e. The molecule has 0 amide bonds. The number of nitrogens with zero attached hydrogens (tertiary/aromatic N) is 3. The zero-order valence-electron chi connectivity index (χ0n) is 30.5. The zero-order chi connectivity index (χ0) is 37.1. The molecule has 1 aromatic heterocycles. The summed E-state index contributed by atoms with van der Waals surface area (Å²) in [5, 5.41) is 0. The summed E-state index contributed by atoms with van der Waals surface area (Å²) in [5.41, 5.74) is 14.2. The third-order valence-corrected chi connectivity index (χ3v) is 11.5. The van der Waals surface area contributed by atoms with Gasteiger partial charge in [-0.05, 0) is 62.2 Å². The third kappa shape index (κ3) is 4.96. The summed E-state index contributed by atoms with van der Waals surface area (Å²) in [4.78, 5) is 15.6. The molecule has 11 rings (SSSR count). The van der Waals surface area contributed by atoms with Crippen molar-refractivity contribution >= 4 is 0 Å². The first kappa shape index (κ1) is 32.3. The standard InChI is InChI=1S/C52H35N3O/c1-3-17-34(18-4-1)37-21-7-9-25-41(37)50-53-49(35-19-5-2-6-20-35)54-51(55-50)42-26-10-8-22-38(42)36-31-32-48-46(33-36)52(45-29-15-16-30-47(45)56-48)43-27-13-11-23-39(43)40-24-12-14-28-44(40)52/h1-29,31-33,47H,30H2. The summed E-state index contributed by atoms with van der Waals surface area (Å²) in [6, 6.07) is 62.0. The molecule has 0 saturated carbocycles. The first-order valence-electron chi connectivity index (χ1n) is 19.2. The maximum absolute atomic E-state index is 6.88. The fourth-order valence-corrected chi connectivity index (χ4v) is 9.14. The molecule has 2 aliphatic carbocycles. The number of aromatic nitrogens is 3. The van der Waals surface area contributed by atoms with Gasteiger partial charge >= 0.3 is 0 Å². The number of rotatable bonds is 5. The van der Waals surface area contributed by atoms with Crippen LogP contribution in [0.1, 0.15) is 23.1 Å². The summed E-state index contributed by atoms with van der Waals surface area (Å²) in [6.07, 6.45) is 7.49. The van der Waals surface area contributed by atoms with Crippen LogP contribution < -0.4 is 4.74 Å². The highest BCUT2D eigenvalue weighted by Gasteiger charge is 2.53. The van der Waals surface area contributed by atoms with Gasteiger partial charge in [-0.15, -0.1) is 0 Å². The van der Waals surface area contributed by atoms with Crippen molar-refractivity contribution in [3.63, 3.8) is 0 Å². The second kappa shape index (κ2) is 13.0. The van der Waals surface area contributed by atoms with Crippen molar-refractivity contribution in [3.05, 3.63) is 216 Å². The van der Waals surface area contributed by atoms with Crippen LogP contribution in [0.2, 0.25) is 0 Å². The number of benzene rings is 7. The van der Waals surface area contributed by atoms with E-state index in [1.54, 1.807) is 0 Å². The summed E-state index contributed by atoms with van der Waals surface area (Å²) in [5.74, 6) is 2.79. The quantitative estimate of drug-likeness (QED) is 0.178. The van der Waals surface area contributed by atoms with Gasteiger partial charge in [0.25, 0.3) is 0 Å². The monoisotopic (exact) mass is 717 g/mol. The van der Waals surface area contributed by atoms with E-state index in [2.05, 4.69) is 164 Å². The molecule has 1 atom stereocenters. The molecule has 0 saturated heterocycles. The lowest BCUT2D eigenvalue weighted by Gasteiger charge is -2.45. The molecule has 1 unspecified atom stereocenters. The Morgan fingerprint density at radius 1 is 0.429 bits per heavy atom. The molecule has 4 heteroatoms. The molecule has 56 heavy (non-hydrogen) atoms. The highest BCUT2D eigenvalue weighted by Crippen LogP contribution is 2.61. The molecule has 4 nitrogen and oxygen atoms in total. The second-order valence-electron chi connectivity index (χ2n) is 14.6. The van der Waals surface area contributed by atoms with Crippen molar-refractivity contribution in [2.75, 3.05) is 0 Å². The number of fused-ring (bicyclic) bond motifs is 9. The molecule has 0 bridgehead atoms. The minimum absolute atomic E-state index is 0.0522. The van der Waals surface area contributed by atoms with Crippen LogP contribution in [0, 0.1) is 0 Å². The topological polar surface area (TPSA) is 47.9 Å². The molecule has 0 N–H and O–H groups in total. The lowest BCUT2D eigenvalue weighted by Crippen LogP contribution is -2.42. The first-order chi connectivity index (χ1) is 27.8. The van der Waals surface area contributed by atoms with Crippen LogP contribution in [0.3, 0.4) is 0 Å². The Labute approximate surface area is 326 Å². The molecule has 3 aliphatic rings. The Kier molecular flexibility index (Phi) is 7.49. The van der Waals surface area contributed by atoms with Gasteiger partial charge in [-0.25, -0.2) is 15.0 Å². The maximum atomic E-state index is 6.88. The lowest BCUT2D eigenvalue weighted by atomic mass is 9.63. The van der Waals surface area contributed by atoms with Gasteiger partial charge in [0.05, 0.1) is 5.41 Å². The lowest BCUT2D eigenvalue weighted by molar-refractivity contribution is 0.205. The molecule has 1 aliphatic heterocycles. The van der Waals surface area contributed by atoms with Crippen LogP contribution in [0.25, 0.3) is 67.5 Å². The van der Waals surface area contributed by atoms with E-state index < -0.39 is 5.41 Å². The van der Waals surface area contributed by atoms with Crippen LogP contribution >= 0.6 is 0 Å². The molecule has 0 fully saturated rings. The number of hydrogen-bond donors (Lipinski definition) is 0. The fraction of sp³-hybridized carbons (Fsp3) is 0.0577. The largest absolute Gasteiger partial charge is 0.485 e. The molecule has 1 spiro atoms. The van der Waals surface area contributed by atoms with Crippen molar-refractivity contribution in [2.45, 2.75) is 17.9 Å². The highest BCUT2D eigenvalue weighted by molar-refractivity contribution is 5.90. The van der Waals surface area contributed by atoms with Gasteiger partial charge in [-0.2, -0.15) is 0 Å². The van der Waals surface area contributed by atoms with E-state index in [9.17, 15) is 0 Å². The Morgan fingerprint density at radius 2 is 0.929 bits per heavy atom. The number of ether oxygens (including phenoxy) is 1.